The zero-order valence-corrected chi connectivity index (χ0v) is 20.5. The molecule has 0 spiro atoms. The lowest BCUT2D eigenvalue weighted by Crippen LogP contribution is -2.19. The summed E-state index contributed by atoms with van der Waals surface area (Å²) in [6.07, 6.45) is 1.87. The molecule has 1 fully saturated rings. The van der Waals surface area contributed by atoms with Crippen LogP contribution in [0.4, 0.5) is 5.69 Å². The van der Waals surface area contributed by atoms with Gasteiger partial charge in [-0.2, -0.15) is 0 Å². The Labute approximate surface area is 200 Å². The quantitative estimate of drug-likeness (QED) is 0.385. The van der Waals surface area contributed by atoms with Crippen molar-refractivity contribution in [1.82, 2.24) is 5.32 Å². The summed E-state index contributed by atoms with van der Waals surface area (Å²) in [6, 6.07) is 20.0. The number of thioether (sulfide) groups is 1. The number of amides is 1. The SMILES string of the molecule is Cc1ccc(COc2ccc(/C=C3\SC(=Nc4cc(C)c(Br)c(C)c4)NC3=O)cc2)cc1. The van der Waals surface area contributed by atoms with Crippen molar-refractivity contribution in [2.24, 2.45) is 4.99 Å². The van der Waals surface area contributed by atoms with Gasteiger partial charge < -0.3 is 10.1 Å². The maximum Gasteiger partial charge on any atom is 0.264 e. The molecule has 1 heterocycles. The molecule has 4 nitrogen and oxygen atoms in total. The van der Waals surface area contributed by atoms with Crippen molar-refractivity contribution in [3.63, 3.8) is 0 Å². The Balaban J connectivity index is 1.42. The number of aliphatic imine (C=N–C) groups is 1. The minimum atomic E-state index is -0.140. The number of hydrogen-bond acceptors (Lipinski definition) is 4. The van der Waals surface area contributed by atoms with Crippen molar-refractivity contribution >= 4 is 50.5 Å². The summed E-state index contributed by atoms with van der Waals surface area (Å²) in [4.78, 5) is 17.6. The minimum absolute atomic E-state index is 0.140. The predicted molar refractivity (Wildman–Crippen MR) is 136 cm³/mol. The molecule has 1 N–H and O–H groups in total. The average molecular weight is 507 g/mol. The first kappa shape index (κ1) is 22.4. The van der Waals surface area contributed by atoms with Crippen molar-refractivity contribution in [2.45, 2.75) is 27.4 Å². The van der Waals surface area contributed by atoms with Gasteiger partial charge in [0.25, 0.3) is 5.91 Å². The number of aryl methyl sites for hydroxylation is 3. The second-order valence-electron chi connectivity index (χ2n) is 7.72. The smallest absolute Gasteiger partial charge is 0.264 e. The average Bonchev–Trinajstić information content (AvgIpc) is 3.11. The normalized spacial score (nSPS) is 15.9. The van der Waals surface area contributed by atoms with Gasteiger partial charge in [-0.3, -0.25) is 4.79 Å². The maximum absolute atomic E-state index is 12.4. The van der Waals surface area contributed by atoms with Crippen LogP contribution in [0.1, 0.15) is 27.8 Å². The molecule has 1 aliphatic rings. The van der Waals surface area contributed by atoms with Crippen LogP contribution in [-0.2, 0) is 11.4 Å². The molecule has 4 rings (SSSR count). The Morgan fingerprint density at radius 1 is 1.00 bits per heavy atom. The summed E-state index contributed by atoms with van der Waals surface area (Å²) in [5, 5.41) is 3.43. The number of carbonyl (C=O) groups excluding carboxylic acids is 1. The molecule has 0 bridgehead atoms. The van der Waals surface area contributed by atoms with Gasteiger partial charge in [-0.05, 0) is 85.1 Å². The van der Waals surface area contributed by atoms with Crippen molar-refractivity contribution in [3.8, 4) is 5.75 Å². The van der Waals surface area contributed by atoms with Crippen molar-refractivity contribution in [3.05, 3.63) is 97.9 Å². The summed E-state index contributed by atoms with van der Waals surface area (Å²) in [5.74, 6) is 0.651. The number of rotatable bonds is 5. The third-order valence-electron chi connectivity index (χ3n) is 5.01. The van der Waals surface area contributed by atoms with E-state index in [0.717, 1.165) is 38.2 Å². The zero-order valence-electron chi connectivity index (χ0n) is 18.1. The van der Waals surface area contributed by atoms with Gasteiger partial charge in [0.2, 0.25) is 0 Å². The molecule has 1 saturated heterocycles. The third-order valence-corrected chi connectivity index (χ3v) is 7.17. The highest BCUT2D eigenvalue weighted by Crippen LogP contribution is 2.31. The van der Waals surface area contributed by atoms with E-state index >= 15 is 0 Å². The summed E-state index contributed by atoms with van der Waals surface area (Å²) >= 11 is 4.91. The first-order chi connectivity index (χ1) is 15.4. The largest absolute Gasteiger partial charge is 0.489 e. The van der Waals surface area contributed by atoms with Gasteiger partial charge in [-0.1, -0.05) is 57.9 Å². The monoisotopic (exact) mass is 506 g/mol. The highest BCUT2D eigenvalue weighted by molar-refractivity contribution is 9.10. The van der Waals surface area contributed by atoms with Gasteiger partial charge in [0.1, 0.15) is 12.4 Å². The first-order valence-electron chi connectivity index (χ1n) is 10.2. The molecule has 0 saturated carbocycles. The fourth-order valence-electron chi connectivity index (χ4n) is 3.25. The van der Waals surface area contributed by atoms with E-state index in [9.17, 15) is 4.79 Å². The van der Waals surface area contributed by atoms with Crippen LogP contribution in [0.15, 0.2) is 75.0 Å². The molecule has 32 heavy (non-hydrogen) atoms. The summed E-state index contributed by atoms with van der Waals surface area (Å²) in [6.45, 7) is 6.65. The van der Waals surface area contributed by atoms with E-state index < -0.39 is 0 Å². The molecule has 6 heteroatoms. The van der Waals surface area contributed by atoms with Gasteiger partial charge in [0.05, 0.1) is 10.6 Å². The fourth-order valence-corrected chi connectivity index (χ4v) is 4.32. The van der Waals surface area contributed by atoms with E-state index in [1.807, 2.05) is 56.3 Å². The summed E-state index contributed by atoms with van der Waals surface area (Å²) in [7, 11) is 0. The molecular weight excluding hydrogens is 484 g/mol. The fraction of sp³-hybridized carbons (Fsp3) is 0.154. The van der Waals surface area contributed by atoms with E-state index in [1.54, 1.807) is 0 Å². The van der Waals surface area contributed by atoms with Gasteiger partial charge in [-0.15, -0.1) is 0 Å². The van der Waals surface area contributed by atoms with Crippen LogP contribution in [0.25, 0.3) is 6.08 Å². The van der Waals surface area contributed by atoms with Gasteiger partial charge in [-0.25, -0.2) is 4.99 Å². The van der Waals surface area contributed by atoms with Gasteiger partial charge >= 0.3 is 0 Å². The van der Waals surface area contributed by atoms with E-state index in [0.29, 0.717) is 16.7 Å². The first-order valence-corrected chi connectivity index (χ1v) is 11.8. The van der Waals surface area contributed by atoms with Crippen LogP contribution in [0.3, 0.4) is 0 Å². The molecule has 0 radical (unpaired) electrons. The van der Waals surface area contributed by atoms with Gasteiger partial charge in [0, 0.05) is 4.47 Å². The molecule has 3 aromatic rings. The molecule has 0 aromatic heterocycles. The van der Waals surface area contributed by atoms with Crippen LogP contribution in [0, 0.1) is 20.8 Å². The molecular formula is C26H23BrN2O2S. The van der Waals surface area contributed by atoms with E-state index in [2.05, 4.69) is 57.4 Å². The number of carbonyl (C=O) groups is 1. The Kier molecular flexibility index (Phi) is 6.82. The minimum Gasteiger partial charge on any atom is -0.489 e. The lowest BCUT2D eigenvalue weighted by molar-refractivity contribution is -0.115. The van der Waals surface area contributed by atoms with Crippen LogP contribution in [0.5, 0.6) is 5.75 Å². The van der Waals surface area contributed by atoms with Crippen LogP contribution < -0.4 is 10.1 Å². The molecule has 1 aliphatic heterocycles. The Bertz CT molecular complexity index is 1190. The topological polar surface area (TPSA) is 50.7 Å². The number of benzene rings is 3. The molecule has 0 unspecified atom stereocenters. The standard InChI is InChI=1S/C26H23BrN2O2S/c1-16-4-6-20(7-5-16)15-31-22-10-8-19(9-11-22)14-23-25(30)29-26(32-23)28-21-12-17(2)24(27)18(3)13-21/h4-14H,15H2,1-3H3,(H,28,29,30)/b23-14-. The number of halogens is 1. The van der Waals surface area contributed by atoms with Crippen molar-refractivity contribution < 1.29 is 9.53 Å². The number of nitrogens with one attached hydrogen (secondary N) is 1. The third kappa shape index (κ3) is 5.50. The van der Waals surface area contributed by atoms with E-state index in [-0.39, 0.29) is 5.91 Å². The van der Waals surface area contributed by atoms with Crippen molar-refractivity contribution in [1.29, 1.82) is 0 Å². The number of ether oxygens (including phenoxy) is 1. The molecule has 0 aliphatic carbocycles. The maximum atomic E-state index is 12.4. The Morgan fingerprint density at radius 2 is 1.66 bits per heavy atom. The molecule has 1 amide bonds. The lowest BCUT2D eigenvalue weighted by atomic mass is 10.1. The predicted octanol–water partition coefficient (Wildman–Crippen LogP) is 6.84. The molecule has 162 valence electrons. The zero-order chi connectivity index (χ0) is 22.7. The molecule has 0 atom stereocenters. The van der Waals surface area contributed by atoms with Crippen LogP contribution in [0.2, 0.25) is 0 Å². The Hall–Kier alpha value is -2.83. The summed E-state index contributed by atoms with van der Waals surface area (Å²) < 4.78 is 6.94. The van der Waals surface area contributed by atoms with Crippen LogP contribution >= 0.6 is 27.7 Å². The number of amidine groups is 1. The second kappa shape index (κ2) is 9.76. The highest BCUT2D eigenvalue weighted by Gasteiger charge is 2.23. The number of nitrogens with zero attached hydrogens (tertiary/aromatic N) is 1. The number of hydrogen-bond donors (Lipinski definition) is 1. The van der Waals surface area contributed by atoms with Crippen LogP contribution in [-0.4, -0.2) is 11.1 Å². The summed E-state index contributed by atoms with van der Waals surface area (Å²) in [5.41, 5.74) is 6.33. The van der Waals surface area contributed by atoms with Crippen molar-refractivity contribution in [2.75, 3.05) is 0 Å². The lowest BCUT2D eigenvalue weighted by Gasteiger charge is -2.07. The van der Waals surface area contributed by atoms with E-state index in [4.69, 9.17) is 4.74 Å². The Morgan fingerprint density at radius 3 is 2.31 bits per heavy atom. The molecule has 3 aromatic carbocycles. The van der Waals surface area contributed by atoms with Gasteiger partial charge in [0.15, 0.2) is 5.17 Å². The second-order valence-corrected chi connectivity index (χ2v) is 9.54. The van der Waals surface area contributed by atoms with E-state index in [1.165, 1.54) is 17.3 Å². The highest BCUT2D eigenvalue weighted by atomic mass is 79.9.